The standard InChI is InChI=1S/C11H23NO2S/c1-4-5-6-7-8-12-11(13)10(2)9-15(3)14/h10H,4-9H2,1-3H3,(H,12,13). The van der Waals surface area contributed by atoms with Crippen LogP contribution in [-0.4, -0.2) is 28.7 Å². The average molecular weight is 233 g/mol. The minimum Gasteiger partial charge on any atom is -0.356 e. The monoisotopic (exact) mass is 233 g/mol. The van der Waals surface area contributed by atoms with Crippen molar-refractivity contribution in [3.05, 3.63) is 0 Å². The van der Waals surface area contributed by atoms with Crippen molar-refractivity contribution >= 4 is 16.7 Å². The van der Waals surface area contributed by atoms with E-state index in [1.807, 2.05) is 6.92 Å². The molecule has 0 radical (unpaired) electrons. The highest BCUT2D eigenvalue weighted by molar-refractivity contribution is 7.84. The summed E-state index contributed by atoms with van der Waals surface area (Å²) in [5, 5.41) is 2.87. The number of nitrogens with one attached hydrogen (secondary N) is 1. The van der Waals surface area contributed by atoms with Gasteiger partial charge in [0.2, 0.25) is 5.91 Å². The Morgan fingerprint density at radius 3 is 2.53 bits per heavy atom. The zero-order valence-corrected chi connectivity index (χ0v) is 10.9. The highest BCUT2D eigenvalue weighted by atomic mass is 32.2. The van der Waals surface area contributed by atoms with Crippen LogP contribution in [0.3, 0.4) is 0 Å². The molecule has 0 heterocycles. The molecule has 0 aromatic carbocycles. The summed E-state index contributed by atoms with van der Waals surface area (Å²) in [5.74, 6) is 0.351. The molecular weight excluding hydrogens is 210 g/mol. The Morgan fingerprint density at radius 2 is 2.00 bits per heavy atom. The fourth-order valence-corrected chi connectivity index (χ4v) is 2.22. The van der Waals surface area contributed by atoms with Crippen LogP contribution in [0.15, 0.2) is 0 Å². The molecule has 0 bridgehead atoms. The zero-order valence-electron chi connectivity index (χ0n) is 10.0. The molecule has 1 N–H and O–H groups in total. The molecule has 0 aliphatic carbocycles. The number of hydrogen-bond donors (Lipinski definition) is 1. The Balaban J connectivity index is 3.51. The van der Waals surface area contributed by atoms with Crippen molar-refractivity contribution in [3.8, 4) is 0 Å². The summed E-state index contributed by atoms with van der Waals surface area (Å²) in [5.41, 5.74) is 0. The lowest BCUT2D eigenvalue weighted by atomic mass is 10.2. The second kappa shape index (κ2) is 8.89. The molecule has 0 saturated heterocycles. The first-order valence-electron chi connectivity index (χ1n) is 5.65. The van der Waals surface area contributed by atoms with Gasteiger partial charge < -0.3 is 5.32 Å². The molecule has 4 heteroatoms. The van der Waals surface area contributed by atoms with Crippen LogP contribution in [-0.2, 0) is 15.6 Å². The van der Waals surface area contributed by atoms with Crippen LogP contribution in [0.1, 0.15) is 39.5 Å². The van der Waals surface area contributed by atoms with E-state index in [1.54, 1.807) is 6.26 Å². The van der Waals surface area contributed by atoms with Crippen LogP contribution in [0.5, 0.6) is 0 Å². The van der Waals surface area contributed by atoms with Crippen LogP contribution >= 0.6 is 0 Å². The summed E-state index contributed by atoms with van der Waals surface area (Å²) < 4.78 is 10.9. The van der Waals surface area contributed by atoms with E-state index in [2.05, 4.69) is 12.2 Å². The Hall–Kier alpha value is -0.380. The summed E-state index contributed by atoms with van der Waals surface area (Å²) in [4.78, 5) is 11.5. The van der Waals surface area contributed by atoms with Crippen molar-refractivity contribution < 1.29 is 9.00 Å². The summed E-state index contributed by atoms with van der Waals surface area (Å²) in [6.07, 6.45) is 6.28. The number of unbranched alkanes of at least 4 members (excludes halogenated alkanes) is 3. The van der Waals surface area contributed by atoms with Crippen LogP contribution in [0, 0.1) is 5.92 Å². The summed E-state index contributed by atoms with van der Waals surface area (Å²) in [7, 11) is -0.887. The average Bonchev–Trinajstić information content (AvgIpc) is 2.16. The van der Waals surface area contributed by atoms with E-state index in [-0.39, 0.29) is 11.8 Å². The largest absolute Gasteiger partial charge is 0.356 e. The molecule has 15 heavy (non-hydrogen) atoms. The van der Waals surface area contributed by atoms with E-state index in [4.69, 9.17) is 0 Å². The lowest BCUT2D eigenvalue weighted by molar-refractivity contribution is -0.123. The topological polar surface area (TPSA) is 46.2 Å². The normalized spacial score (nSPS) is 14.6. The Morgan fingerprint density at radius 1 is 1.33 bits per heavy atom. The minimum absolute atomic E-state index is 0.0294. The number of hydrogen-bond acceptors (Lipinski definition) is 2. The summed E-state index contributed by atoms with van der Waals surface area (Å²) in [6.45, 7) is 4.74. The van der Waals surface area contributed by atoms with E-state index in [0.29, 0.717) is 5.75 Å². The van der Waals surface area contributed by atoms with Gasteiger partial charge in [0.1, 0.15) is 0 Å². The van der Waals surface area contributed by atoms with Crippen molar-refractivity contribution in [2.45, 2.75) is 39.5 Å². The van der Waals surface area contributed by atoms with Gasteiger partial charge in [-0.2, -0.15) is 0 Å². The van der Waals surface area contributed by atoms with Crippen molar-refractivity contribution in [2.24, 2.45) is 5.92 Å². The van der Waals surface area contributed by atoms with E-state index in [9.17, 15) is 9.00 Å². The molecule has 0 aromatic rings. The lowest BCUT2D eigenvalue weighted by Crippen LogP contribution is -2.32. The van der Waals surface area contributed by atoms with Crippen molar-refractivity contribution in [3.63, 3.8) is 0 Å². The number of rotatable bonds is 8. The summed E-state index contributed by atoms with van der Waals surface area (Å²) >= 11 is 0. The van der Waals surface area contributed by atoms with Crippen LogP contribution in [0.2, 0.25) is 0 Å². The molecule has 0 saturated carbocycles. The summed E-state index contributed by atoms with van der Waals surface area (Å²) in [6, 6.07) is 0. The number of amides is 1. The molecule has 0 fully saturated rings. The predicted molar refractivity (Wildman–Crippen MR) is 65.2 cm³/mol. The van der Waals surface area contributed by atoms with Gasteiger partial charge in [-0.3, -0.25) is 9.00 Å². The maximum absolute atomic E-state index is 11.5. The maximum atomic E-state index is 11.5. The van der Waals surface area contributed by atoms with Gasteiger partial charge in [0.05, 0.1) is 0 Å². The minimum atomic E-state index is -0.887. The first kappa shape index (κ1) is 14.6. The third kappa shape index (κ3) is 8.60. The predicted octanol–water partition coefficient (Wildman–Crippen LogP) is 1.70. The van der Waals surface area contributed by atoms with Gasteiger partial charge in [0, 0.05) is 35.3 Å². The van der Waals surface area contributed by atoms with Gasteiger partial charge in [-0.1, -0.05) is 33.1 Å². The van der Waals surface area contributed by atoms with E-state index < -0.39 is 10.8 Å². The lowest BCUT2D eigenvalue weighted by Gasteiger charge is -2.10. The van der Waals surface area contributed by atoms with E-state index in [1.165, 1.54) is 19.3 Å². The highest BCUT2D eigenvalue weighted by Crippen LogP contribution is 1.99. The second-order valence-corrected chi connectivity index (χ2v) is 5.47. The van der Waals surface area contributed by atoms with Gasteiger partial charge in [-0.05, 0) is 6.42 Å². The molecule has 2 unspecified atom stereocenters. The Labute approximate surface area is 95.5 Å². The SMILES string of the molecule is CCCCCCNC(=O)C(C)CS(C)=O. The van der Waals surface area contributed by atoms with Gasteiger partial charge in [-0.15, -0.1) is 0 Å². The molecule has 0 aromatic heterocycles. The van der Waals surface area contributed by atoms with Crippen molar-refractivity contribution in [2.75, 3.05) is 18.6 Å². The smallest absolute Gasteiger partial charge is 0.223 e. The quantitative estimate of drug-likeness (QED) is 0.649. The number of carbonyl (C=O) groups excluding carboxylic acids is 1. The van der Waals surface area contributed by atoms with E-state index >= 15 is 0 Å². The molecular formula is C11H23NO2S. The van der Waals surface area contributed by atoms with Gasteiger partial charge in [0.15, 0.2) is 0 Å². The van der Waals surface area contributed by atoms with Crippen molar-refractivity contribution in [1.82, 2.24) is 5.32 Å². The fourth-order valence-electron chi connectivity index (χ4n) is 1.37. The molecule has 0 rings (SSSR count). The van der Waals surface area contributed by atoms with Crippen LogP contribution in [0.25, 0.3) is 0 Å². The third-order valence-corrected chi connectivity index (χ3v) is 3.23. The van der Waals surface area contributed by atoms with E-state index in [0.717, 1.165) is 13.0 Å². The molecule has 1 amide bonds. The molecule has 2 atom stereocenters. The first-order chi connectivity index (χ1) is 7.07. The van der Waals surface area contributed by atoms with Crippen LogP contribution < -0.4 is 5.32 Å². The van der Waals surface area contributed by atoms with Crippen molar-refractivity contribution in [1.29, 1.82) is 0 Å². The third-order valence-electron chi connectivity index (χ3n) is 2.26. The second-order valence-electron chi connectivity index (χ2n) is 3.99. The highest BCUT2D eigenvalue weighted by Gasteiger charge is 2.13. The van der Waals surface area contributed by atoms with Crippen LogP contribution in [0.4, 0.5) is 0 Å². The molecule has 0 spiro atoms. The zero-order chi connectivity index (χ0) is 11.7. The Bertz CT molecular complexity index is 207. The Kier molecular flexibility index (Phi) is 8.67. The molecule has 90 valence electrons. The molecule has 3 nitrogen and oxygen atoms in total. The van der Waals surface area contributed by atoms with Gasteiger partial charge in [0.25, 0.3) is 0 Å². The van der Waals surface area contributed by atoms with Gasteiger partial charge >= 0.3 is 0 Å². The molecule has 0 aliphatic heterocycles. The maximum Gasteiger partial charge on any atom is 0.223 e. The first-order valence-corrected chi connectivity index (χ1v) is 7.38. The van der Waals surface area contributed by atoms with Gasteiger partial charge in [-0.25, -0.2) is 0 Å². The fraction of sp³-hybridized carbons (Fsp3) is 0.909. The molecule has 0 aliphatic rings. The number of carbonyl (C=O) groups is 1.